The predicted molar refractivity (Wildman–Crippen MR) is 219 cm³/mol. The number of anilines is 1. The van der Waals surface area contributed by atoms with Gasteiger partial charge in [0.2, 0.25) is 5.91 Å². The Morgan fingerprint density at radius 1 is 0.741 bits per heavy atom. The summed E-state index contributed by atoms with van der Waals surface area (Å²) in [6.07, 6.45) is 2.32. The molecule has 0 atom stereocenters. The van der Waals surface area contributed by atoms with E-state index in [0.29, 0.717) is 25.3 Å². The number of carboxylic acid groups (broad SMARTS) is 1. The summed E-state index contributed by atoms with van der Waals surface area (Å²) in [6, 6.07) is 7.43. The third-order valence-corrected chi connectivity index (χ3v) is 7.90. The van der Waals surface area contributed by atoms with E-state index < -0.39 is 33.8 Å². The average Bonchev–Trinajstić information content (AvgIpc) is 3.12. The standard InChI is InChI=1S/C23H43N3O7.C13H21N3O.2C2H6/c1-20(2,15-21(3,4)19(30)31)18(29)23(7,8)25-9-10-32-11-12-33-14-16(27)22(5,6)26-13-17(24)28;1-2-3-9-16-13(17)11-4-6-12(7-5-11)15-10-8-14;2*1-2/h25-26H,9-15H2,1-8H3,(H2,24,28)(H,30,31);4-7,15H,2-3,8-10,14H2,1H3,(H,16,17);2*1-2H3. The van der Waals surface area contributed by atoms with Crippen molar-refractivity contribution >= 4 is 35.0 Å². The van der Waals surface area contributed by atoms with E-state index in [2.05, 4.69) is 28.2 Å². The van der Waals surface area contributed by atoms with E-state index in [1.165, 1.54) is 0 Å². The van der Waals surface area contributed by atoms with Crippen LogP contribution in [0.2, 0.25) is 0 Å². The molecule has 1 rings (SSSR count). The van der Waals surface area contributed by atoms with Crippen LogP contribution in [0.15, 0.2) is 24.3 Å². The molecule has 14 nitrogen and oxygen atoms in total. The second-order valence-electron chi connectivity index (χ2n) is 14.6. The number of rotatable bonds is 25. The fourth-order valence-corrected chi connectivity index (χ4v) is 5.03. The Hall–Kier alpha value is -3.43. The normalized spacial score (nSPS) is 11.4. The van der Waals surface area contributed by atoms with Crippen LogP contribution in [0.25, 0.3) is 0 Å². The molecule has 0 aliphatic rings. The first-order chi connectivity index (χ1) is 25.1. The number of unbranched alkanes of at least 4 members (excludes halogenated alkanes) is 1. The lowest BCUT2D eigenvalue weighted by Gasteiger charge is -2.37. The molecule has 1 aromatic carbocycles. The van der Waals surface area contributed by atoms with Gasteiger partial charge in [0, 0.05) is 42.8 Å². The van der Waals surface area contributed by atoms with Gasteiger partial charge in [0.15, 0.2) is 11.6 Å². The summed E-state index contributed by atoms with van der Waals surface area (Å²) in [6.45, 7) is 26.8. The number of benzene rings is 1. The summed E-state index contributed by atoms with van der Waals surface area (Å²) in [7, 11) is 0. The number of carboxylic acids is 1. The Morgan fingerprint density at radius 3 is 1.80 bits per heavy atom. The second-order valence-corrected chi connectivity index (χ2v) is 14.6. The zero-order chi connectivity index (χ0) is 42.6. The molecule has 0 spiro atoms. The Labute approximate surface area is 326 Å². The molecular formula is C40H76N6O8. The summed E-state index contributed by atoms with van der Waals surface area (Å²) in [5.41, 5.74) is 8.54. The first-order valence-electron chi connectivity index (χ1n) is 19.2. The number of Topliss-reactive ketones (excluding diaryl/α,β-unsaturated/α-hetero) is 2. The van der Waals surface area contributed by atoms with Gasteiger partial charge in [0.05, 0.1) is 42.9 Å². The van der Waals surface area contributed by atoms with E-state index in [-0.39, 0.29) is 50.3 Å². The van der Waals surface area contributed by atoms with Crippen molar-refractivity contribution in [2.45, 2.75) is 120 Å². The van der Waals surface area contributed by atoms with Crippen molar-refractivity contribution in [1.82, 2.24) is 16.0 Å². The lowest BCUT2D eigenvalue weighted by atomic mass is 9.69. The molecule has 14 heteroatoms. The first kappa shape index (κ1) is 54.9. The van der Waals surface area contributed by atoms with Crippen LogP contribution >= 0.6 is 0 Å². The molecule has 0 saturated carbocycles. The third kappa shape index (κ3) is 24.1. The first-order valence-corrected chi connectivity index (χ1v) is 19.2. The van der Waals surface area contributed by atoms with Crippen molar-refractivity contribution < 1.29 is 38.6 Å². The second kappa shape index (κ2) is 28.9. The van der Waals surface area contributed by atoms with Crippen molar-refractivity contribution in [2.75, 3.05) is 64.5 Å². The molecule has 1 aromatic rings. The molecule has 0 fully saturated rings. The van der Waals surface area contributed by atoms with Gasteiger partial charge < -0.3 is 42.0 Å². The molecule has 0 heterocycles. The van der Waals surface area contributed by atoms with Crippen LogP contribution in [0.1, 0.15) is 120 Å². The number of ether oxygens (including phenoxy) is 2. The fourth-order valence-electron chi connectivity index (χ4n) is 5.03. The molecule has 0 aliphatic heterocycles. The van der Waals surface area contributed by atoms with Crippen LogP contribution < -0.4 is 32.7 Å². The van der Waals surface area contributed by atoms with E-state index in [0.717, 1.165) is 31.6 Å². The Kier molecular flexibility index (Phi) is 29.4. The van der Waals surface area contributed by atoms with E-state index >= 15 is 0 Å². The minimum atomic E-state index is -1.01. The zero-order valence-corrected chi connectivity index (χ0v) is 35.8. The van der Waals surface area contributed by atoms with Gasteiger partial charge >= 0.3 is 5.97 Å². The van der Waals surface area contributed by atoms with E-state index in [9.17, 15) is 29.1 Å². The Bertz CT molecular complexity index is 1220. The van der Waals surface area contributed by atoms with Gasteiger partial charge in [-0.05, 0) is 78.6 Å². The number of amides is 2. The third-order valence-electron chi connectivity index (χ3n) is 7.90. The van der Waals surface area contributed by atoms with Gasteiger partial charge in [-0.1, -0.05) is 54.9 Å². The van der Waals surface area contributed by atoms with Gasteiger partial charge in [-0.25, -0.2) is 0 Å². The minimum Gasteiger partial charge on any atom is -0.481 e. The van der Waals surface area contributed by atoms with Crippen LogP contribution in [-0.2, 0) is 28.7 Å². The van der Waals surface area contributed by atoms with Gasteiger partial charge in [0.25, 0.3) is 5.91 Å². The van der Waals surface area contributed by atoms with Crippen LogP contribution in [0.4, 0.5) is 5.69 Å². The molecule has 0 bridgehead atoms. The monoisotopic (exact) mass is 769 g/mol. The summed E-state index contributed by atoms with van der Waals surface area (Å²) >= 11 is 0. The number of nitrogens with two attached hydrogens (primary N) is 2. The van der Waals surface area contributed by atoms with Crippen LogP contribution in [0.3, 0.4) is 0 Å². The molecule has 314 valence electrons. The van der Waals surface area contributed by atoms with Crippen molar-refractivity contribution in [2.24, 2.45) is 22.3 Å². The highest BCUT2D eigenvalue weighted by Crippen LogP contribution is 2.37. The van der Waals surface area contributed by atoms with Crippen molar-refractivity contribution in [3.8, 4) is 0 Å². The van der Waals surface area contributed by atoms with E-state index in [4.69, 9.17) is 20.9 Å². The van der Waals surface area contributed by atoms with Gasteiger partial charge in [0.1, 0.15) is 6.61 Å². The maximum absolute atomic E-state index is 13.0. The SMILES string of the molecule is CC.CC.CC(C)(CC(C)(C)C(=O)C(C)(C)NCCOCCOCC(=O)C(C)(C)NCC(N)=O)C(=O)O.CCCCNC(=O)c1ccc(NCCN)cc1. The predicted octanol–water partition coefficient (Wildman–Crippen LogP) is 4.55. The largest absolute Gasteiger partial charge is 0.481 e. The Balaban J connectivity index is -0.00000103. The van der Waals surface area contributed by atoms with Crippen LogP contribution in [0.5, 0.6) is 0 Å². The number of primary amides is 1. The molecule has 0 aliphatic carbocycles. The van der Waals surface area contributed by atoms with E-state index in [1.807, 2.05) is 52.0 Å². The highest BCUT2D eigenvalue weighted by Gasteiger charge is 2.44. The highest BCUT2D eigenvalue weighted by atomic mass is 16.5. The summed E-state index contributed by atoms with van der Waals surface area (Å²) in [4.78, 5) is 59.1. The molecular weight excluding hydrogens is 692 g/mol. The fraction of sp³-hybridized carbons (Fsp3) is 0.725. The summed E-state index contributed by atoms with van der Waals surface area (Å²) in [5.74, 6) is -1.77. The zero-order valence-electron chi connectivity index (χ0n) is 35.8. The van der Waals surface area contributed by atoms with E-state index in [1.54, 1.807) is 55.4 Å². The number of aliphatic carboxylic acids is 1. The minimum absolute atomic E-state index is 0.0103. The number of ketones is 2. The van der Waals surface area contributed by atoms with Gasteiger partial charge in [-0.2, -0.15) is 0 Å². The Morgan fingerprint density at radius 2 is 1.30 bits per heavy atom. The molecule has 0 saturated heterocycles. The quantitative estimate of drug-likeness (QED) is 0.0681. The van der Waals surface area contributed by atoms with Crippen LogP contribution in [0, 0.1) is 10.8 Å². The molecule has 0 radical (unpaired) electrons. The lowest BCUT2D eigenvalue weighted by molar-refractivity contribution is -0.150. The molecule has 54 heavy (non-hydrogen) atoms. The lowest BCUT2D eigenvalue weighted by Crippen LogP contribution is -2.54. The average molecular weight is 769 g/mol. The van der Waals surface area contributed by atoms with Crippen LogP contribution in [-0.4, -0.2) is 105 Å². The van der Waals surface area contributed by atoms with Crippen molar-refractivity contribution in [1.29, 1.82) is 0 Å². The molecule has 0 unspecified atom stereocenters. The van der Waals surface area contributed by atoms with Gasteiger partial charge in [-0.3, -0.25) is 29.3 Å². The number of nitrogens with one attached hydrogen (secondary N) is 4. The topological polar surface area (TPSA) is 224 Å². The van der Waals surface area contributed by atoms with Gasteiger partial charge in [-0.15, -0.1) is 0 Å². The van der Waals surface area contributed by atoms with Crippen molar-refractivity contribution in [3.05, 3.63) is 29.8 Å². The number of hydrogen-bond donors (Lipinski definition) is 7. The summed E-state index contributed by atoms with van der Waals surface area (Å²) < 4.78 is 10.8. The number of hydrogen-bond acceptors (Lipinski definition) is 11. The number of carbonyl (C=O) groups is 5. The smallest absolute Gasteiger partial charge is 0.309 e. The molecule has 2 amide bonds. The number of carbonyl (C=O) groups excluding carboxylic acids is 4. The van der Waals surface area contributed by atoms with Crippen molar-refractivity contribution in [3.63, 3.8) is 0 Å². The maximum Gasteiger partial charge on any atom is 0.309 e. The molecule has 0 aromatic heterocycles. The summed E-state index contributed by atoms with van der Waals surface area (Å²) in [5, 5.41) is 21.4. The molecule has 9 N–H and O–H groups in total. The maximum atomic E-state index is 13.0. The highest BCUT2D eigenvalue weighted by molar-refractivity contribution is 5.94.